The molecule has 0 bridgehead atoms. The van der Waals surface area contributed by atoms with Crippen LogP contribution in [-0.4, -0.2) is 48.5 Å². The molecular weight excluding hydrogens is 522 g/mol. The molecule has 0 unspecified atom stereocenters. The van der Waals surface area contributed by atoms with Gasteiger partial charge in [0.15, 0.2) is 17.0 Å². The molecule has 3 N–H and O–H groups in total. The predicted molar refractivity (Wildman–Crippen MR) is 156 cm³/mol. The second-order valence-electron chi connectivity index (χ2n) is 9.91. The van der Waals surface area contributed by atoms with Crippen molar-refractivity contribution in [2.24, 2.45) is 0 Å². The Kier molecular flexibility index (Phi) is 7.47. The SMILES string of the molecule is O[C@@H]1[C@H](O)CC[C@H]1n1cnc2c(NCC(c3ccccc3)c3ccccc3)nc(C#Cc3ccccc3Cl)nc21. The molecule has 1 fully saturated rings. The molecule has 200 valence electrons. The number of benzene rings is 3. The van der Waals surface area contributed by atoms with E-state index in [-0.39, 0.29) is 12.0 Å². The first-order chi connectivity index (χ1) is 19.6. The van der Waals surface area contributed by atoms with E-state index in [0.29, 0.717) is 52.8 Å². The van der Waals surface area contributed by atoms with Crippen molar-refractivity contribution in [1.82, 2.24) is 19.5 Å². The van der Waals surface area contributed by atoms with Crippen LogP contribution < -0.4 is 5.32 Å². The summed E-state index contributed by atoms with van der Waals surface area (Å²) in [6.45, 7) is 0.565. The third-order valence-corrected chi connectivity index (χ3v) is 7.72. The van der Waals surface area contributed by atoms with Crippen molar-refractivity contribution in [3.8, 4) is 11.8 Å². The van der Waals surface area contributed by atoms with Crippen LogP contribution in [0.4, 0.5) is 5.82 Å². The topological polar surface area (TPSA) is 96.1 Å². The van der Waals surface area contributed by atoms with E-state index in [2.05, 4.69) is 46.4 Å². The van der Waals surface area contributed by atoms with Gasteiger partial charge in [-0.3, -0.25) is 0 Å². The zero-order chi connectivity index (χ0) is 27.5. The number of nitrogens with zero attached hydrogens (tertiary/aromatic N) is 4. The molecule has 0 spiro atoms. The molecule has 0 radical (unpaired) electrons. The lowest BCUT2D eigenvalue weighted by Gasteiger charge is -2.20. The van der Waals surface area contributed by atoms with E-state index in [0.717, 1.165) is 0 Å². The summed E-state index contributed by atoms with van der Waals surface area (Å²) >= 11 is 6.32. The van der Waals surface area contributed by atoms with Crippen LogP contribution in [0.25, 0.3) is 11.2 Å². The van der Waals surface area contributed by atoms with Crippen molar-refractivity contribution in [2.45, 2.75) is 37.0 Å². The number of hydrogen-bond acceptors (Lipinski definition) is 6. The van der Waals surface area contributed by atoms with E-state index in [1.54, 1.807) is 12.4 Å². The minimum atomic E-state index is -0.901. The first-order valence-corrected chi connectivity index (χ1v) is 13.7. The van der Waals surface area contributed by atoms with Gasteiger partial charge in [-0.25, -0.2) is 15.0 Å². The minimum absolute atomic E-state index is 0.0685. The molecule has 6 rings (SSSR count). The lowest BCUT2D eigenvalue weighted by atomic mass is 9.91. The molecule has 40 heavy (non-hydrogen) atoms. The monoisotopic (exact) mass is 549 g/mol. The first-order valence-electron chi connectivity index (χ1n) is 13.3. The lowest BCUT2D eigenvalue weighted by Crippen LogP contribution is -2.27. The number of nitrogens with one attached hydrogen (secondary N) is 1. The summed E-state index contributed by atoms with van der Waals surface area (Å²) in [5.41, 5.74) is 4.17. The first kappa shape index (κ1) is 26.0. The molecule has 1 saturated carbocycles. The van der Waals surface area contributed by atoms with E-state index in [4.69, 9.17) is 21.6 Å². The second-order valence-corrected chi connectivity index (χ2v) is 10.3. The van der Waals surface area contributed by atoms with Crippen LogP contribution in [0.5, 0.6) is 0 Å². The Bertz CT molecular complexity index is 1640. The number of aromatic nitrogens is 4. The number of anilines is 1. The maximum atomic E-state index is 10.6. The fraction of sp³-hybridized carbons (Fsp3) is 0.219. The van der Waals surface area contributed by atoms with Gasteiger partial charge in [0, 0.05) is 18.0 Å². The van der Waals surface area contributed by atoms with Crippen LogP contribution in [0, 0.1) is 11.8 Å². The number of aliphatic hydroxyl groups excluding tert-OH is 2. The van der Waals surface area contributed by atoms with Gasteiger partial charge in [0.25, 0.3) is 0 Å². The summed E-state index contributed by atoms with van der Waals surface area (Å²) in [6.07, 6.45) is 1.11. The van der Waals surface area contributed by atoms with E-state index in [1.807, 2.05) is 59.2 Å². The Labute approximate surface area is 237 Å². The molecule has 5 aromatic rings. The zero-order valence-corrected chi connectivity index (χ0v) is 22.4. The second kappa shape index (κ2) is 11.5. The molecule has 1 aliphatic rings. The Hall–Kier alpha value is -4.22. The van der Waals surface area contributed by atoms with Crippen LogP contribution in [0.3, 0.4) is 0 Å². The molecule has 0 aliphatic heterocycles. The Morgan fingerprint density at radius 2 is 1.55 bits per heavy atom. The summed E-state index contributed by atoms with van der Waals surface area (Å²) in [7, 11) is 0. The molecule has 2 heterocycles. The quantitative estimate of drug-likeness (QED) is 0.253. The van der Waals surface area contributed by atoms with Gasteiger partial charge in [-0.05, 0) is 42.0 Å². The highest BCUT2D eigenvalue weighted by atomic mass is 35.5. The van der Waals surface area contributed by atoms with Crippen molar-refractivity contribution in [1.29, 1.82) is 0 Å². The number of halogens is 1. The van der Waals surface area contributed by atoms with Gasteiger partial charge in [0.05, 0.1) is 23.5 Å². The van der Waals surface area contributed by atoms with Crippen LogP contribution in [-0.2, 0) is 0 Å². The van der Waals surface area contributed by atoms with E-state index >= 15 is 0 Å². The lowest BCUT2D eigenvalue weighted by molar-refractivity contribution is 0.0241. The van der Waals surface area contributed by atoms with Gasteiger partial charge in [-0.15, -0.1) is 0 Å². The number of fused-ring (bicyclic) bond motifs is 1. The molecule has 0 saturated heterocycles. The molecule has 1 aliphatic carbocycles. The maximum Gasteiger partial charge on any atom is 0.209 e. The molecule has 3 atom stereocenters. The summed E-state index contributed by atoms with van der Waals surface area (Å²) in [4.78, 5) is 14.1. The Balaban J connectivity index is 1.41. The molecule has 3 aromatic carbocycles. The van der Waals surface area contributed by atoms with Crippen molar-refractivity contribution < 1.29 is 10.2 Å². The Morgan fingerprint density at radius 1 is 0.875 bits per heavy atom. The smallest absolute Gasteiger partial charge is 0.209 e. The van der Waals surface area contributed by atoms with Crippen molar-refractivity contribution in [3.05, 3.63) is 119 Å². The normalized spacial score (nSPS) is 18.6. The van der Waals surface area contributed by atoms with Crippen LogP contribution >= 0.6 is 11.6 Å². The largest absolute Gasteiger partial charge is 0.390 e. The fourth-order valence-electron chi connectivity index (χ4n) is 5.26. The van der Waals surface area contributed by atoms with Gasteiger partial charge < -0.3 is 20.1 Å². The highest BCUT2D eigenvalue weighted by Gasteiger charge is 2.36. The average molecular weight is 550 g/mol. The maximum absolute atomic E-state index is 10.6. The van der Waals surface area contributed by atoms with Crippen molar-refractivity contribution in [3.63, 3.8) is 0 Å². The molecule has 7 nitrogen and oxygen atoms in total. The number of imidazole rings is 1. The van der Waals surface area contributed by atoms with E-state index in [1.165, 1.54) is 11.1 Å². The molecular formula is C32H28ClN5O2. The average Bonchev–Trinajstić information content (AvgIpc) is 3.56. The summed E-state index contributed by atoms with van der Waals surface area (Å²) < 4.78 is 1.83. The Morgan fingerprint density at radius 3 is 2.20 bits per heavy atom. The van der Waals surface area contributed by atoms with Gasteiger partial charge in [-0.2, -0.15) is 0 Å². The van der Waals surface area contributed by atoms with Crippen molar-refractivity contribution >= 4 is 28.6 Å². The minimum Gasteiger partial charge on any atom is -0.390 e. The van der Waals surface area contributed by atoms with Gasteiger partial charge in [-0.1, -0.05) is 90.3 Å². The highest BCUT2D eigenvalue weighted by molar-refractivity contribution is 6.31. The standard InChI is InChI=1S/C32H28ClN5O2/c33-25-14-8-7-13-23(25)15-18-28-36-31(29-32(37-28)38(20-35-29)26-16-17-27(39)30(26)40)34-19-24(21-9-3-1-4-10-21)22-11-5-2-6-12-22/h1-14,20,24,26-27,30,39-40H,16-17,19H2,(H,34,36,37)/t26-,27-,30+/m1/s1. The zero-order valence-electron chi connectivity index (χ0n) is 21.7. The van der Waals surface area contributed by atoms with Crippen LogP contribution in [0.2, 0.25) is 5.02 Å². The predicted octanol–water partition coefficient (Wildman–Crippen LogP) is 5.18. The van der Waals surface area contributed by atoms with E-state index < -0.39 is 12.2 Å². The number of rotatable bonds is 6. The van der Waals surface area contributed by atoms with Gasteiger partial charge >= 0.3 is 0 Å². The number of aliphatic hydroxyl groups is 2. The highest BCUT2D eigenvalue weighted by Crippen LogP contribution is 2.34. The van der Waals surface area contributed by atoms with Crippen molar-refractivity contribution in [2.75, 3.05) is 11.9 Å². The summed E-state index contributed by atoms with van der Waals surface area (Å²) in [5, 5.41) is 24.9. The molecule has 0 amide bonds. The fourth-order valence-corrected chi connectivity index (χ4v) is 5.45. The molecule has 8 heteroatoms. The summed E-state index contributed by atoms with van der Waals surface area (Å²) in [6, 6.07) is 27.7. The number of hydrogen-bond donors (Lipinski definition) is 3. The van der Waals surface area contributed by atoms with Gasteiger partial charge in [0.2, 0.25) is 5.82 Å². The van der Waals surface area contributed by atoms with Crippen LogP contribution in [0.15, 0.2) is 91.3 Å². The van der Waals surface area contributed by atoms with Crippen LogP contribution in [0.1, 0.15) is 47.3 Å². The third-order valence-electron chi connectivity index (χ3n) is 7.39. The summed E-state index contributed by atoms with van der Waals surface area (Å²) in [5.74, 6) is 7.07. The van der Waals surface area contributed by atoms with Gasteiger partial charge in [0.1, 0.15) is 6.10 Å². The third kappa shape index (κ3) is 5.30. The van der Waals surface area contributed by atoms with E-state index in [9.17, 15) is 10.2 Å². The molecule has 2 aromatic heterocycles.